The second-order valence-electron chi connectivity index (χ2n) is 0.828. The van der Waals surface area contributed by atoms with Crippen molar-refractivity contribution in [1.29, 1.82) is 0 Å². The first-order valence-corrected chi connectivity index (χ1v) is 5.24. The van der Waals surface area contributed by atoms with Gasteiger partial charge in [-0.2, -0.15) is 0 Å². The fourth-order valence-corrected chi connectivity index (χ4v) is 0.667. The van der Waals surface area contributed by atoms with Crippen molar-refractivity contribution in [2.75, 3.05) is 7.11 Å². The van der Waals surface area contributed by atoms with Crippen LogP contribution in [0.2, 0.25) is 0 Å². The summed E-state index contributed by atoms with van der Waals surface area (Å²) < 4.78 is 4.53. The van der Waals surface area contributed by atoms with E-state index in [0.29, 0.717) is 0 Å². The van der Waals surface area contributed by atoms with Gasteiger partial charge < -0.3 is 4.74 Å². The van der Waals surface area contributed by atoms with E-state index in [0.717, 1.165) is 0 Å². The van der Waals surface area contributed by atoms with Crippen LogP contribution in [0.4, 0.5) is 0 Å². The van der Waals surface area contributed by atoms with Gasteiger partial charge in [0, 0.05) is 0 Å². The third-order valence-electron chi connectivity index (χ3n) is 0.330. The van der Waals surface area contributed by atoms with E-state index in [2.05, 4.69) is 4.74 Å². The molecule has 0 unspecified atom stereocenters. The van der Waals surface area contributed by atoms with Crippen molar-refractivity contribution in [2.24, 2.45) is 0 Å². The predicted octanol–water partition coefficient (Wildman–Crippen LogP) is 1.65. The molecule has 1 nitrogen and oxygen atoms in total. The van der Waals surface area contributed by atoms with Crippen molar-refractivity contribution in [3.8, 4) is 0 Å². The Morgan fingerprint density at radius 3 is 2.29 bits per heavy atom. The van der Waals surface area contributed by atoms with Crippen LogP contribution in [0, 0.1) is 0 Å². The van der Waals surface area contributed by atoms with Crippen LogP contribution in [0.1, 0.15) is 0 Å². The molecule has 0 aliphatic heterocycles. The van der Waals surface area contributed by atoms with Crippen LogP contribution in [0.25, 0.3) is 0 Å². The number of hydrogen-bond acceptors (Lipinski definition) is 1. The quantitative estimate of drug-likeness (QED) is 0.335. The average molecular weight is 156 g/mol. The fourth-order valence-electron chi connectivity index (χ4n) is 0.119. The van der Waals surface area contributed by atoms with Gasteiger partial charge in [0.05, 0.1) is 13.4 Å². The molecule has 0 rings (SSSR count). The van der Waals surface area contributed by atoms with Crippen LogP contribution in [0.5, 0.6) is 0 Å². The second-order valence-corrected chi connectivity index (χ2v) is 4.76. The van der Waals surface area contributed by atoms with E-state index in [1.54, 1.807) is 12.8 Å². The summed E-state index contributed by atoms with van der Waals surface area (Å²) >= 11 is 10.7. The topological polar surface area (TPSA) is 9.23 Å². The molecule has 0 aromatic carbocycles. The molecule has 7 heavy (non-hydrogen) atoms. The molecule has 41 valence electrons. The first kappa shape index (κ1) is 7.34. The first-order chi connectivity index (χ1) is 3.27. The molecule has 0 aliphatic rings. The smallest absolute Gasteiger partial charge is 0.302 e. The van der Waals surface area contributed by atoms with Gasteiger partial charge in [0.2, 0.25) is 0 Å². The Labute approximate surface area is 53.9 Å². The minimum Gasteiger partial charge on any atom is -0.505 e. The second kappa shape index (κ2) is 4.49. The summed E-state index contributed by atoms with van der Waals surface area (Å²) in [6, 6.07) is 0. The standard InChI is InChI=1S/C3H5Cl2OSi/c1-6-2-3-7(4)5/h2-3H,1H3. The summed E-state index contributed by atoms with van der Waals surface area (Å²) in [5.74, 6) is 0. The molecule has 0 bridgehead atoms. The Kier molecular flexibility index (Phi) is 4.71. The van der Waals surface area contributed by atoms with Crippen LogP contribution < -0.4 is 0 Å². The lowest BCUT2D eigenvalue weighted by Crippen LogP contribution is -1.83. The van der Waals surface area contributed by atoms with E-state index in [9.17, 15) is 0 Å². The molecule has 0 spiro atoms. The van der Waals surface area contributed by atoms with Gasteiger partial charge >= 0.3 is 7.42 Å². The fraction of sp³-hybridized carbons (Fsp3) is 0.333. The maximum Gasteiger partial charge on any atom is 0.302 e. The maximum absolute atomic E-state index is 5.36. The van der Waals surface area contributed by atoms with Gasteiger partial charge in [-0.15, -0.1) is 22.2 Å². The van der Waals surface area contributed by atoms with Crippen LogP contribution >= 0.6 is 22.2 Å². The summed E-state index contributed by atoms with van der Waals surface area (Å²) in [6.45, 7) is 0. The Morgan fingerprint density at radius 1 is 1.57 bits per heavy atom. The van der Waals surface area contributed by atoms with Crippen LogP contribution in [0.3, 0.4) is 0 Å². The van der Waals surface area contributed by atoms with Gasteiger partial charge in [0.15, 0.2) is 0 Å². The zero-order valence-corrected chi connectivity index (χ0v) is 6.33. The molecule has 0 saturated carbocycles. The lowest BCUT2D eigenvalue weighted by atomic mass is 11.1. The predicted molar refractivity (Wildman–Crippen MR) is 33.6 cm³/mol. The molecular weight excluding hydrogens is 151 g/mol. The normalized spacial score (nSPS) is 10.9. The van der Waals surface area contributed by atoms with Crippen molar-refractivity contribution < 1.29 is 4.74 Å². The van der Waals surface area contributed by atoms with E-state index >= 15 is 0 Å². The molecule has 0 fully saturated rings. The van der Waals surface area contributed by atoms with E-state index < -0.39 is 7.42 Å². The molecule has 0 aromatic rings. The summed E-state index contributed by atoms with van der Waals surface area (Å²) in [6.07, 6.45) is 1.48. The summed E-state index contributed by atoms with van der Waals surface area (Å²) in [5, 5.41) is 0. The van der Waals surface area contributed by atoms with Gasteiger partial charge in [0.1, 0.15) is 0 Å². The molecule has 0 atom stereocenters. The van der Waals surface area contributed by atoms with Gasteiger partial charge in [0.25, 0.3) is 0 Å². The van der Waals surface area contributed by atoms with Gasteiger partial charge in [-0.3, -0.25) is 0 Å². The summed E-state index contributed by atoms with van der Waals surface area (Å²) in [7, 11) is 0.292. The molecule has 0 aromatic heterocycles. The van der Waals surface area contributed by atoms with Gasteiger partial charge in [-0.05, 0) is 5.70 Å². The third-order valence-corrected chi connectivity index (χ3v) is 1.47. The van der Waals surface area contributed by atoms with Crippen molar-refractivity contribution in [2.45, 2.75) is 0 Å². The SMILES string of the molecule is COC=C[Si](Cl)Cl. The molecule has 0 aliphatic carbocycles. The van der Waals surface area contributed by atoms with E-state index in [1.165, 1.54) is 6.26 Å². The minimum absolute atomic E-state index is 1.26. The van der Waals surface area contributed by atoms with Crippen molar-refractivity contribution in [3.05, 3.63) is 12.0 Å². The Morgan fingerprint density at radius 2 is 2.14 bits per heavy atom. The molecule has 0 saturated heterocycles. The number of hydrogen-bond donors (Lipinski definition) is 0. The highest BCUT2D eigenvalue weighted by molar-refractivity contribution is 7.36. The zero-order valence-electron chi connectivity index (χ0n) is 3.82. The monoisotopic (exact) mass is 155 g/mol. The molecule has 0 amide bonds. The highest BCUT2D eigenvalue weighted by Gasteiger charge is 1.92. The van der Waals surface area contributed by atoms with Gasteiger partial charge in [-0.1, -0.05) is 0 Å². The number of rotatable bonds is 2. The average Bonchev–Trinajstić information content (AvgIpc) is 1.61. The molecule has 0 heterocycles. The molecule has 0 N–H and O–H groups in total. The first-order valence-electron chi connectivity index (χ1n) is 1.64. The highest BCUT2D eigenvalue weighted by Crippen LogP contribution is 1.95. The van der Waals surface area contributed by atoms with Crippen molar-refractivity contribution in [3.63, 3.8) is 0 Å². The van der Waals surface area contributed by atoms with Crippen molar-refractivity contribution in [1.82, 2.24) is 0 Å². The van der Waals surface area contributed by atoms with Crippen LogP contribution in [-0.4, -0.2) is 14.5 Å². The summed E-state index contributed by atoms with van der Waals surface area (Å²) in [4.78, 5) is 0. The largest absolute Gasteiger partial charge is 0.505 e. The lowest BCUT2D eigenvalue weighted by Gasteiger charge is -1.83. The number of halogens is 2. The minimum atomic E-state index is -1.26. The number of methoxy groups -OCH3 is 1. The maximum atomic E-state index is 5.36. The Bertz CT molecular complexity index is 64.0. The Hall–Kier alpha value is 0.337. The van der Waals surface area contributed by atoms with E-state index in [1.807, 2.05) is 0 Å². The van der Waals surface area contributed by atoms with Crippen molar-refractivity contribution >= 4 is 29.6 Å². The Balaban J connectivity index is 3.08. The van der Waals surface area contributed by atoms with Crippen LogP contribution in [-0.2, 0) is 4.74 Å². The molecule has 1 radical (unpaired) electrons. The van der Waals surface area contributed by atoms with Gasteiger partial charge in [-0.25, -0.2) is 0 Å². The molecule has 4 heteroatoms. The molecular formula is C3H5Cl2OSi. The number of ether oxygens (including phenoxy) is 1. The highest BCUT2D eigenvalue weighted by atomic mass is 35.7. The zero-order chi connectivity index (χ0) is 5.70. The van der Waals surface area contributed by atoms with E-state index in [4.69, 9.17) is 22.2 Å². The summed E-state index contributed by atoms with van der Waals surface area (Å²) in [5.41, 5.74) is 1.63. The van der Waals surface area contributed by atoms with Crippen LogP contribution in [0.15, 0.2) is 12.0 Å². The third kappa shape index (κ3) is 6.34. The van der Waals surface area contributed by atoms with E-state index in [-0.39, 0.29) is 0 Å². The lowest BCUT2D eigenvalue weighted by molar-refractivity contribution is 0.339.